The maximum Gasteiger partial charge on any atom is 0.0487 e. The maximum atomic E-state index is 5.85. The van der Waals surface area contributed by atoms with E-state index >= 15 is 0 Å². The fraction of sp³-hybridized carbons (Fsp3) is 0.538. The Morgan fingerprint density at radius 3 is 2.71 bits per heavy atom. The summed E-state index contributed by atoms with van der Waals surface area (Å²) in [5, 5.41) is 3.63. The first-order chi connectivity index (χ1) is 8.20. The number of rotatable bonds is 3. The molecule has 1 fully saturated rings. The highest BCUT2D eigenvalue weighted by molar-refractivity contribution is 9.11. The van der Waals surface area contributed by atoms with Crippen LogP contribution in [0, 0.1) is 5.92 Å². The van der Waals surface area contributed by atoms with Gasteiger partial charge in [0.25, 0.3) is 0 Å². The summed E-state index contributed by atoms with van der Waals surface area (Å²) in [5.41, 5.74) is 7.02. The first-order valence-corrected chi connectivity index (χ1v) is 7.71. The number of nitrogens with one attached hydrogen (secondary N) is 1. The van der Waals surface area contributed by atoms with E-state index < -0.39 is 0 Å². The summed E-state index contributed by atoms with van der Waals surface area (Å²) < 4.78 is 2.20. The van der Waals surface area contributed by atoms with Crippen molar-refractivity contribution in [3.05, 3.63) is 27.1 Å². The van der Waals surface area contributed by atoms with Gasteiger partial charge in [-0.2, -0.15) is 0 Å². The molecule has 2 atom stereocenters. The molecule has 1 aromatic rings. The molecule has 1 aliphatic carbocycles. The van der Waals surface area contributed by atoms with Crippen LogP contribution in [0.1, 0.15) is 25.7 Å². The minimum absolute atomic E-state index is 0.520. The van der Waals surface area contributed by atoms with Crippen LogP contribution in [-0.4, -0.2) is 12.6 Å². The number of benzene rings is 1. The summed E-state index contributed by atoms with van der Waals surface area (Å²) in [6.45, 7) is 0.784. The molecule has 17 heavy (non-hydrogen) atoms. The highest BCUT2D eigenvalue weighted by Crippen LogP contribution is 2.31. The Hall–Kier alpha value is -0.0600. The van der Waals surface area contributed by atoms with E-state index in [1.165, 1.54) is 31.4 Å². The lowest BCUT2D eigenvalue weighted by Crippen LogP contribution is -2.36. The van der Waals surface area contributed by atoms with Crippen molar-refractivity contribution in [3.63, 3.8) is 0 Å². The molecular formula is C13H18Br2N2. The third-order valence-electron chi connectivity index (χ3n) is 3.48. The van der Waals surface area contributed by atoms with E-state index in [0.717, 1.165) is 15.5 Å². The Balaban J connectivity index is 2.08. The third kappa shape index (κ3) is 3.46. The highest BCUT2D eigenvalue weighted by Gasteiger charge is 2.24. The van der Waals surface area contributed by atoms with E-state index in [2.05, 4.69) is 55.4 Å². The molecule has 0 heterocycles. The van der Waals surface area contributed by atoms with Gasteiger partial charge in [-0.3, -0.25) is 0 Å². The van der Waals surface area contributed by atoms with Gasteiger partial charge in [0.15, 0.2) is 0 Å². The zero-order chi connectivity index (χ0) is 12.3. The average molecular weight is 362 g/mol. The molecule has 2 rings (SSSR count). The van der Waals surface area contributed by atoms with E-state index in [0.29, 0.717) is 12.0 Å². The van der Waals surface area contributed by atoms with Crippen LogP contribution in [0.3, 0.4) is 0 Å². The van der Waals surface area contributed by atoms with E-state index in [1.54, 1.807) is 0 Å². The Kier molecular flexibility index (Phi) is 4.88. The second kappa shape index (κ2) is 6.21. The minimum atomic E-state index is 0.520. The van der Waals surface area contributed by atoms with Crippen LogP contribution in [0.4, 0.5) is 5.69 Å². The summed E-state index contributed by atoms with van der Waals surface area (Å²) in [5.74, 6) is 0.610. The molecule has 0 spiro atoms. The molecule has 4 heteroatoms. The van der Waals surface area contributed by atoms with Crippen LogP contribution in [-0.2, 0) is 0 Å². The van der Waals surface area contributed by atoms with Crippen LogP contribution < -0.4 is 11.1 Å². The smallest absolute Gasteiger partial charge is 0.0487 e. The van der Waals surface area contributed by atoms with E-state index in [1.807, 2.05) is 0 Å². The van der Waals surface area contributed by atoms with E-state index in [-0.39, 0.29) is 0 Å². The number of hydrogen-bond acceptors (Lipinski definition) is 2. The molecule has 0 radical (unpaired) electrons. The molecular weight excluding hydrogens is 344 g/mol. The first-order valence-electron chi connectivity index (χ1n) is 6.12. The fourth-order valence-corrected chi connectivity index (χ4v) is 3.65. The molecule has 1 saturated carbocycles. The molecule has 0 amide bonds. The third-order valence-corrected chi connectivity index (χ3v) is 4.63. The molecule has 0 bridgehead atoms. The fourth-order valence-electron chi connectivity index (χ4n) is 2.49. The number of nitrogens with two attached hydrogens (primary N) is 1. The molecule has 2 nitrogen and oxygen atoms in total. The molecule has 3 N–H and O–H groups in total. The standard InChI is InChI=1S/C13H18Br2N2/c14-10-5-6-13(11(15)7-10)17-12-4-2-1-3-9(12)8-16/h5-7,9,12,17H,1-4,8,16H2. The van der Waals surface area contributed by atoms with Gasteiger partial charge in [-0.25, -0.2) is 0 Å². The van der Waals surface area contributed by atoms with Gasteiger partial charge in [-0.15, -0.1) is 0 Å². The van der Waals surface area contributed by atoms with E-state index in [4.69, 9.17) is 5.73 Å². The number of halogens is 2. The number of anilines is 1. The van der Waals surface area contributed by atoms with Crippen molar-refractivity contribution in [2.45, 2.75) is 31.7 Å². The highest BCUT2D eigenvalue weighted by atomic mass is 79.9. The van der Waals surface area contributed by atoms with Gasteiger partial charge in [0.2, 0.25) is 0 Å². The molecule has 0 saturated heterocycles. The Morgan fingerprint density at radius 1 is 1.24 bits per heavy atom. The van der Waals surface area contributed by atoms with E-state index in [9.17, 15) is 0 Å². The summed E-state index contributed by atoms with van der Waals surface area (Å²) in [7, 11) is 0. The van der Waals surface area contributed by atoms with Crippen molar-refractivity contribution in [3.8, 4) is 0 Å². The summed E-state index contributed by atoms with van der Waals surface area (Å²) in [4.78, 5) is 0. The molecule has 2 unspecified atom stereocenters. The second-order valence-electron chi connectivity index (χ2n) is 4.66. The summed E-state index contributed by atoms with van der Waals surface area (Å²) in [6.07, 6.45) is 5.11. The lowest BCUT2D eigenvalue weighted by molar-refractivity contribution is 0.332. The SMILES string of the molecule is NCC1CCCCC1Nc1ccc(Br)cc1Br. The minimum Gasteiger partial charge on any atom is -0.381 e. The van der Waals surface area contributed by atoms with Gasteiger partial charge in [-0.1, -0.05) is 28.8 Å². The molecule has 1 aliphatic rings. The predicted octanol–water partition coefficient (Wildman–Crippen LogP) is 4.14. The summed E-state index contributed by atoms with van der Waals surface area (Å²) in [6, 6.07) is 6.76. The molecule has 0 aromatic heterocycles. The van der Waals surface area contributed by atoms with Crippen molar-refractivity contribution < 1.29 is 0 Å². The molecule has 1 aromatic carbocycles. The topological polar surface area (TPSA) is 38.0 Å². The molecule has 0 aliphatic heterocycles. The van der Waals surface area contributed by atoms with Gasteiger partial charge < -0.3 is 11.1 Å². The Labute approximate surface area is 120 Å². The normalized spacial score (nSPS) is 24.6. The monoisotopic (exact) mass is 360 g/mol. The summed E-state index contributed by atoms with van der Waals surface area (Å²) >= 11 is 7.06. The number of hydrogen-bond donors (Lipinski definition) is 2. The van der Waals surface area contributed by atoms with Gasteiger partial charge in [-0.05, 0) is 59.4 Å². The zero-order valence-corrected chi connectivity index (χ0v) is 12.9. The van der Waals surface area contributed by atoms with Gasteiger partial charge in [0, 0.05) is 20.7 Å². The Bertz CT molecular complexity index is 382. The van der Waals surface area contributed by atoms with Crippen molar-refractivity contribution in [1.82, 2.24) is 0 Å². The van der Waals surface area contributed by atoms with Crippen molar-refractivity contribution in [2.75, 3.05) is 11.9 Å². The lowest BCUT2D eigenvalue weighted by Gasteiger charge is -2.32. The van der Waals surface area contributed by atoms with Crippen molar-refractivity contribution in [2.24, 2.45) is 11.7 Å². The second-order valence-corrected chi connectivity index (χ2v) is 6.43. The van der Waals surface area contributed by atoms with Crippen molar-refractivity contribution >= 4 is 37.5 Å². The van der Waals surface area contributed by atoms with Crippen LogP contribution in [0.5, 0.6) is 0 Å². The van der Waals surface area contributed by atoms with Crippen LogP contribution in [0.15, 0.2) is 27.1 Å². The Morgan fingerprint density at radius 2 is 2.00 bits per heavy atom. The first kappa shape index (κ1) is 13.4. The molecule has 94 valence electrons. The van der Waals surface area contributed by atoms with Crippen molar-refractivity contribution in [1.29, 1.82) is 0 Å². The zero-order valence-electron chi connectivity index (χ0n) is 9.76. The van der Waals surface area contributed by atoms with Gasteiger partial charge in [0.1, 0.15) is 0 Å². The van der Waals surface area contributed by atoms with Crippen LogP contribution in [0.25, 0.3) is 0 Å². The average Bonchev–Trinajstić information content (AvgIpc) is 2.33. The maximum absolute atomic E-state index is 5.85. The largest absolute Gasteiger partial charge is 0.381 e. The lowest BCUT2D eigenvalue weighted by atomic mass is 9.84. The van der Waals surface area contributed by atoms with Gasteiger partial charge in [0.05, 0.1) is 0 Å². The van der Waals surface area contributed by atoms with Gasteiger partial charge >= 0.3 is 0 Å². The predicted molar refractivity (Wildman–Crippen MR) is 80.3 cm³/mol. The quantitative estimate of drug-likeness (QED) is 0.848. The van der Waals surface area contributed by atoms with Crippen LogP contribution in [0.2, 0.25) is 0 Å². The van der Waals surface area contributed by atoms with Crippen LogP contribution >= 0.6 is 31.9 Å².